The van der Waals surface area contributed by atoms with Crippen LogP contribution in [0.1, 0.15) is 52.4 Å². The molecule has 4 aromatic rings. The Kier molecular flexibility index (Phi) is 10.3. The summed E-state index contributed by atoms with van der Waals surface area (Å²) in [6.45, 7) is 3.08. The Morgan fingerprint density at radius 2 is 1.60 bits per heavy atom. The second-order valence-electron chi connectivity index (χ2n) is 11.7. The lowest BCUT2D eigenvalue weighted by molar-refractivity contribution is -0.141. The Morgan fingerprint density at radius 3 is 2.21 bits per heavy atom. The van der Waals surface area contributed by atoms with Crippen LogP contribution in [-0.2, 0) is 27.2 Å². The van der Waals surface area contributed by atoms with Gasteiger partial charge in [-0.05, 0) is 48.1 Å². The van der Waals surface area contributed by atoms with Gasteiger partial charge >= 0.3 is 5.97 Å². The minimum absolute atomic E-state index is 0.112. The zero-order valence-electron chi connectivity index (χ0n) is 25.5. The Balaban J connectivity index is 1.40. The number of carboxylic acids is 1. The van der Waals surface area contributed by atoms with Crippen molar-refractivity contribution in [1.82, 2.24) is 20.5 Å². The number of nitrogens with one attached hydrogen (secondary N) is 2. The predicted octanol–water partition coefficient (Wildman–Crippen LogP) is 4.73. The van der Waals surface area contributed by atoms with E-state index < -0.39 is 66.5 Å². The fourth-order valence-electron chi connectivity index (χ4n) is 5.64. The molecule has 2 atom stereocenters. The molecule has 244 valence electrons. The van der Waals surface area contributed by atoms with E-state index in [1.807, 2.05) is 24.3 Å². The van der Waals surface area contributed by atoms with E-state index in [0.29, 0.717) is 18.4 Å². The number of carbonyl (C=O) groups is 5. The number of halogens is 2. The van der Waals surface area contributed by atoms with Gasteiger partial charge in [-0.1, -0.05) is 79.5 Å². The number of nitrogens with zero attached hydrogens (tertiary/aromatic N) is 2. The maximum Gasteiger partial charge on any atom is 0.305 e. The zero-order chi connectivity index (χ0) is 33.8. The summed E-state index contributed by atoms with van der Waals surface area (Å²) in [4.78, 5) is 71.6. The molecule has 0 aliphatic heterocycles. The second-order valence-corrected chi connectivity index (χ2v) is 12.5. The third-order valence-corrected chi connectivity index (χ3v) is 8.48. The van der Waals surface area contributed by atoms with Crippen LogP contribution in [0.15, 0.2) is 71.1 Å². The number of benzene rings is 3. The lowest BCUT2D eigenvalue weighted by Crippen LogP contribution is -2.57. The monoisotopic (exact) mass is 678 g/mol. The highest BCUT2D eigenvalue weighted by molar-refractivity contribution is 6.38. The molecule has 0 bridgehead atoms. The first-order valence-electron chi connectivity index (χ1n) is 15.0. The first-order valence-corrected chi connectivity index (χ1v) is 15.7. The van der Waals surface area contributed by atoms with Crippen molar-refractivity contribution in [2.75, 3.05) is 6.54 Å². The van der Waals surface area contributed by atoms with Gasteiger partial charge in [0.25, 0.3) is 11.8 Å². The summed E-state index contributed by atoms with van der Waals surface area (Å²) in [6.07, 6.45) is 0.162. The smallest absolute Gasteiger partial charge is 0.305 e. The molecule has 0 saturated heterocycles. The lowest BCUT2D eigenvalue weighted by Gasteiger charge is -2.34. The minimum Gasteiger partial charge on any atom is -0.481 e. The zero-order valence-corrected chi connectivity index (χ0v) is 27.0. The number of aromatic nitrogens is 1. The van der Waals surface area contributed by atoms with Gasteiger partial charge in [0.15, 0.2) is 5.58 Å². The molecule has 11 nitrogen and oxygen atoms in total. The maximum atomic E-state index is 14.2. The number of ketones is 1. The number of aliphatic carboxylic acids is 1. The molecule has 3 aromatic carbocycles. The standard InChI is InChI=1S/C34H32Cl2N4O7/c1-18(2)29(38-32(45)19-8-4-3-5-9-19)34(46)40(23-12-20-10-6-7-11-21(20)13-23)17-27(41)37-25(16-28(42)43)31(44)33-39-30-24(36)14-22(35)15-26(30)47-33/h3-11,14-15,18,23,25,29H,12-13,16-17H2,1-2H3,(H,37,41)(H,38,45)(H,42,43)/t25?,29-/m0/s1. The van der Waals surface area contributed by atoms with Crippen molar-refractivity contribution < 1.29 is 33.5 Å². The van der Waals surface area contributed by atoms with E-state index in [4.69, 9.17) is 27.6 Å². The molecule has 1 aliphatic carbocycles. The quantitative estimate of drug-likeness (QED) is 0.181. The molecule has 3 N–H and O–H groups in total. The molecule has 1 unspecified atom stereocenters. The summed E-state index contributed by atoms with van der Waals surface area (Å²) < 4.78 is 5.52. The van der Waals surface area contributed by atoms with Gasteiger partial charge in [-0.2, -0.15) is 0 Å². The maximum absolute atomic E-state index is 14.2. The lowest BCUT2D eigenvalue weighted by atomic mass is 10.00. The van der Waals surface area contributed by atoms with Gasteiger partial charge in [-0.3, -0.25) is 24.0 Å². The van der Waals surface area contributed by atoms with Crippen molar-refractivity contribution in [1.29, 1.82) is 0 Å². The summed E-state index contributed by atoms with van der Waals surface area (Å²) in [5.74, 6) is -4.76. The first-order chi connectivity index (χ1) is 22.4. The molecule has 5 rings (SSSR count). The van der Waals surface area contributed by atoms with Crippen LogP contribution in [0.4, 0.5) is 0 Å². The van der Waals surface area contributed by atoms with Crippen LogP contribution in [0.2, 0.25) is 10.0 Å². The molecule has 13 heteroatoms. The van der Waals surface area contributed by atoms with Crippen molar-refractivity contribution in [3.8, 4) is 0 Å². The summed E-state index contributed by atoms with van der Waals surface area (Å²) in [6, 6.07) is 16.0. The number of Topliss-reactive ketones (excluding diaryl/α,β-unsaturated/α-hetero) is 1. The van der Waals surface area contributed by atoms with Gasteiger partial charge in [0, 0.05) is 22.7 Å². The van der Waals surface area contributed by atoms with Gasteiger partial charge in [0.1, 0.15) is 17.6 Å². The number of hydrogen-bond donors (Lipinski definition) is 3. The average Bonchev–Trinajstić information content (AvgIpc) is 3.66. The van der Waals surface area contributed by atoms with Gasteiger partial charge in [-0.25, -0.2) is 4.98 Å². The van der Waals surface area contributed by atoms with Crippen LogP contribution in [-0.4, -0.2) is 69.1 Å². The van der Waals surface area contributed by atoms with Crippen LogP contribution < -0.4 is 10.6 Å². The topological polar surface area (TPSA) is 159 Å². The fourth-order valence-corrected chi connectivity index (χ4v) is 6.16. The van der Waals surface area contributed by atoms with Crippen LogP contribution in [0, 0.1) is 5.92 Å². The SMILES string of the molecule is CC(C)[C@H](NC(=O)c1ccccc1)C(=O)N(CC(=O)NC(CC(=O)O)C(=O)c1nc2c(Cl)cc(Cl)cc2o1)C1Cc2ccccc2C1. The first kappa shape index (κ1) is 33.6. The summed E-state index contributed by atoms with van der Waals surface area (Å²) in [7, 11) is 0. The van der Waals surface area contributed by atoms with E-state index in [9.17, 15) is 29.1 Å². The number of rotatable bonds is 12. The largest absolute Gasteiger partial charge is 0.481 e. The fraction of sp³-hybridized carbons (Fsp3) is 0.294. The summed E-state index contributed by atoms with van der Waals surface area (Å²) >= 11 is 12.2. The third-order valence-electron chi connectivity index (χ3n) is 7.98. The van der Waals surface area contributed by atoms with Crippen molar-refractivity contribution in [2.24, 2.45) is 5.92 Å². The molecule has 0 radical (unpaired) electrons. The van der Waals surface area contributed by atoms with Crippen LogP contribution in [0.25, 0.3) is 11.1 Å². The van der Waals surface area contributed by atoms with Gasteiger partial charge in [0.2, 0.25) is 17.6 Å². The molecule has 1 aromatic heterocycles. The number of amides is 3. The second kappa shape index (κ2) is 14.4. The molecule has 3 amide bonds. The highest BCUT2D eigenvalue weighted by Gasteiger charge is 2.38. The average molecular weight is 680 g/mol. The van der Waals surface area contributed by atoms with Crippen LogP contribution in [0.5, 0.6) is 0 Å². The summed E-state index contributed by atoms with van der Waals surface area (Å²) in [5.41, 5.74) is 2.69. The predicted molar refractivity (Wildman–Crippen MR) is 174 cm³/mol. The Hall–Kier alpha value is -4.74. The van der Waals surface area contributed by atoms with Crippen molar-refractivity contribution in [3.63, 3.8) is 0 Å². The summed E-state index contributed by atoms with van der Waals surface area (Å²) in [5, 5.41) is 15.2. The van der Waals surface area contributed by atoms with Crippen LogP contribution >= 0.6 is 23.2 Å². The van der Waals surface area contributed by atoms with Crippen molar-refractivity contribution in [3.05, 3.63) is 99.4 Å². The minimum atomic E-state index is -1.57. The molecular formula is C34H32Cl2N4O7. The van der Waals surface area contributed by atoms with E-state index >= 15 is 0 Å². The molecule has 47 heavy (non-hydrogen) atoms. The van der Waals surface area contributed by atoms with Crippen molar-refractivity contribution >= 4 is 63.8 Å². The van der Waals surface area contributed by atoms with Gasteiger partial charge in [0.05, 0.1) is 18.0 Å². The number of carboxylic acid groups (broad SMARTS) is 1. The Morgan fingerprint density at radius 1 is 0.957 bits per heavy atom. The molecular weight excluding hydrogens is 647 g/mol. The van der Waals surface area contributed by atoms with E-state index in [1.165, 1.54) is 17.0 Å². The van der Waals surface area contributed by atoms with E-state index in [2.05, 4.69) is 15.6 Å². The molecule has 0 spiro atoms. The molecule has 1 heterocycles. The normalized spacial score (nSPS) is 14.0. The van der Waals surface area contributed by atoms with Gasteiger partial charge < -0.3 is 25.1 Å². The molecule has 1 aliphatic rings. The number of carbonyl (C=O) groups excluding carboxylic acids is 4. The molecule has 0 saturated carbocycles. The van der Waals surface area contributed by atoms with E-state index in [1.54, 1.807) is 44.2 Å². The highest BCUT2D eigenvalue weighted by Crippen LogP contribution is 2.29. The highest BCUT2D eigenvalue weighted by atomic mass is 35.5. The molecule has 0 fully saturated rings. The van der Waals surface area contributed by atoms with Gasteiger partial charge in [-0.15, -0.1) is 0 Å². The number of oxazole rings is 1. The third kappa shape index (κ3) is 7.81. The number of fused-ring (bicyclic) bond motifs is 2. The van der Waals surface area contributed by atoms with E-state index in [0.717, 1.165) is 11.1 Å². The Labute approximate surface area is 280 Å². The Bertz CT molecular complexity index is 1820. The van der Waals surface area contributed by atoms with E-state index in [-0.39, 0.29) is 27.1 Å². The number of hydrogen-bond acceptors (Lipinski definition) is 7. The van der Waals surface area contributed by atoms with Crippen LogP contribution in [0.3, 0.4) is 0 Å². The van der Waals surface area contributed by atoms with Crippen molar-refractivity contribution in [2.45, 2.75) is 51.2 Å².